The van der Waals surface area contributed by atoms with Crippen LogP contribution in [0.2, 0.25) is 5.02 Å². The molecule has 0 bridgehead atoms. The molecule has 1 aromatic heterocycles. The van der Waals surface area contributed by atoms with Crippen molar-refractivity contribution in [3.63, 3.8) is 0 Å². The number of methoxy groups -OCH3 is 1. The molecule has 5 heteroatoms. The predicted octanol–water partition coefficient (Wildman–Crippen LogP) is 4.35. The van der Waals surface area contributed by atoms with Crippen molar-refractivity contribution in [1.29, 1.82) is 0 Å². The van der Waals surface area contributed by atoms with E-state index in [1.807, 2.05) is 12.1 Å². The fourth-order valence-electron chi connectivity index (χ4n) is 3.86. The molecule has 0 radical (unpaired) electrons. The van der Waals surface area contributed by atoms with Crippen molar-refractivity contribution < 1.29 is 4.74 Å². The van der Waals surface area contributed by atoms with Gasteiger partial charge in [-0.3, -0.25) is 4.90 Å². The molecule has 26 heavy (non-hydrogen) atoms. The Morgan fingerprint density at radius 1 is 1.12 bits per heavy atom. The number of aromatic nitrogens is 2. The van der Waals surface area contributed by atoms with Gasteiger partial charge in [-0.2, -0.15) is 0 Å². The first kappa shape index (κ1) is 17.5. The molecular weight excluding hydrogens is 346 g/mol. The maximum Gasteiger partial charge on any atom is 0.124 e. The van der Waals surface area contributed by atoms with E-state index < -0.39 is 0 Å². The highest BCUT2D eigenvalue weighted by Gasteiger charge is 2.26. The molecule has 1 aliphatic heterocycles. The number of hydrogen-bond donors (Lipinski definition) is 0. The second kappa shape index (κ2) is 7.78. The Bertz CT molecular complexity index is 875. The third-order valence-electron chi connectivity index (χ3n) is 5.19. The van der Waals surface area contributed by atoms with Crippen LogP contribution >= 0.6 is 11.6 Å². The van der Waals surface area contributed by atoms with Crippen molar-refractivity contribution in [3.8, 4) is 0 Å². The van der Waals surface area contributed by atoms with Crippen molar-refractivity contribution in [2.45, 2.75) is 32.0 Å². The third-order valence-corrected chi connectivity index (χ3v) is 5.44. The van der Waals surface area contributed by atoms with Crippen LogP contribution in [0.3, 0.4) is 0 Å². The smallest absolute Gasteiger partial charge is 0.124 e. The van der Waals surface area contributed by atoms with Gasteiger partial charge >= 0.3 is 0 Å². The summed E-state index contributed by atoms with van der Waals surface area (Å²) in [5.41, 5.74) is 3.47. The maximum absolute atomic E-state index is 6.04. The molecular formula is C21H24ClN3O. The highest BCUT2D eigenvalue weighted by Crippen LogP contribution is 2.24. The first-order valence-electron chi connectivity index (χ1n) is 9.16. The highest BCUT2D eigenvalue weighted by atomic mass is 35.5. The fraction of sp³-hybridized carbons (Fsp3) is 0.381. The van der Waals surface area contributed by atoms with E-state index in [1.165, 1.54) is 23.9 Å². The Morgan fingerprint density at radius 3 is 2.73 bits per heavy atom. The summed E-state index contributed by atoms with van der Waals surface area (Å²) in [6.07, 6.45) is 2.43. The van der Waals surface area contributed by atoms with Crippen LogP contribution in [0.5, 0.6) is 0 Å². The number of para-hydroxylation sites is 2. The van der Waals surface area contributed by atoms with Gasteiger partial charge in [0.05, 0.1) is 24.2 Å². The van der Waals surface area contributed by atoms with Crippen LogP contribution in [0.1, 0.15) is 24.2 Å². The average Bonchev–Trinajstić information content (AvgIpc) is 3.23. The molecule has 1 fully saturated rings. The van der Waals surface area contributed by atoms with Crippen LogP contribution in [0.25, 0.3) is 11.0 Å². The first-order valence-corrected chi connectivity index (χ1v) is 9.54. The third kappa shape index (κ3) is 3.63. The molecule has 0 spiro atoms. The standard InChI is InChI=1S/C21H24ClN3O/c1-26-15-18-5-4-12-24(18)14-21-23-19-6-2-3-7-20(19)25(21)13-16-8-10-17(22)11-9-16/h2-3,6-11,18H,4-5,12-15H2,1H3. The molecule has 2 heterocycles. The summed E-state index contributed by atoms with van der Waals surface area (Å²) in [5, 5.41) is 0.768. The number of imidazole rings is 1. The van der Waals surface area contributed by atoms with E-state index in [2.05, 4.69) is 45.9 Å². The van der Waals surface area contributed by atoms with Gasteiger partial charge in [0, 0.05) is 24.7 Å². The van der Waals surface area contributed by atoms with Crippen molar-refractivity contribution in [2.75, 3.05) is 20.3 Å². The molecule has 0 amide bonds. The molecule has 1 unspecified atom stereocenters. The van der Waals surface area contributed by atoms with Gasteiger partial charge in [0.15, 0.2) is 0 Å². The summed E-state index contributed by atoms with van der Waals surface area (Å²) in [6.45, 7) is 3.56. The summed E-state index contributed by atoms with van der Waals surface area (Å²) in [7, 11) is 1.78. The van der Waals surface area contributed by atoms with Crippen LogP contribution in [-0.4, -0.2) is 40.8 Å². The second-order valence-electron chi connectivity index (χ2n) is 6.95. The number of ether oxygens (including phenoxy) is 1. The summed E-state index contributed by atoms with van der Waals surface area (Å²) in [4.78, 5) is 7.44. The minimum atomic E-state index is 0.490. The highest BCUT2D eigenvalue weighted by molar-refractivity contribution is 6.30. The lowest BCUT2D eigenvalue weighted by molar-refractivity contribution is 0.110. The Hall–Kier alpha value is -1.88. The van der Waals surface area contributed by atoms with Gasteiger partial charge in [-0.25, -0.2) is 4.98 Å². The molecule has 0 aliphatic carbocycles. The minimum Gasteiger partial charge on any atom is -0.383 e. The molecule has 1 atom stereocenters. The van der Waals surface area contributed by atoms with E-state index >= 15 is 0 Å². The van der Waals surface area contributed by atoms with E-state index in [-0.39, 0.29) is 0 Å². The maximum atomic E-state index is 6.04. The summed E-state index contributed by atoms with van der Waals surface area (Å²) in [5.74, 6) is 1.11. The Morgan fingerprint density at radius 2 is 1.92 bits per heavy atom. The van der Waals surface area contributed by atoms with E-state index in [4.69, 9.17) is 21.3 Å². The Labute approximate surface area is 159 Å². The lowest BCUT2D eigenvalue weighted by Gasteiger charge is -2.23. The van der Waals surface area contributed by atoms with Gasteiger partial charge in [-0.15, -0.1) is 0 Å². The van der Waals surface area contributed by atoms with E-state index in [0.29, 0.717) is 6.04 Å². The van der Waals surface area contributed by atoms with E-state index in [0.717, 1.165) is 42.6 Å². The fourth-order valence-corrected chi connectivity index (χ4v) is 3.99. The second-order valence-corrected chi connectivity index (χ2v) is 7.39. The van der Waals surface area contributed by atoms with Gasteiger partial charge in [0.2, 0.25) is 0 Å². The van der Waals surface area contributed by atoms with Gasteiger partial charge in [-0.1, -0.05) is 35.9 Å². The van der Waals surface area contributed by atoms with Crippen LogP contribution in [0.15, 0.2) is 48.5 Å². The topological polar surface area (TPSA) is 30.3 Å². The van der Waals surface area contributed by atoms with Crippen molar-refractivity contribution in [2.24, 2.45) is 0 Å². The van der Waals surface area contributed by atoms with Gasteiger partial charge in [-0.05, 0) is 49.2 Å². The zero-order chi connectivity index (χ0) is 17.9. The predicted molar refractivity (Wildman–Crippen MR) is 106 cm³/mol. The Balaban J connectivity index is 1.66. The van der Waals surface area contributed by atoms with Crippen LogP contribution in [0.4, 0.5) is 0 Å². The average molecular weight is 370 g/mol. The van der Waals surface area contributed by atoms with Gasteiger partial charge in [0.25, 0.3) is 0 Å². The molecule has 1 saturated heterocycles. The number of nitrogens with zero attached hydrogens (tertiary/aromatic N) is 3. The molecule has 0 saturated carbocycles. The van der Waals surface area contributed by atoms with Crippen LogP contribution < -0.4 is 0 Å². The molecule has 4 nitrogen and oxygen atoms in total. The quantitative estimate of drug-likeness (QED) is 0.647. The minimum absolute atomic E-state index is 0.490. The number of fused-ring (bicyclic) bond motifs is 1. The van der Waals surface area contributed by atoms with Crippen molar-refractivity contribution in [3.05, 3.63) is 64.9 Å². The monoisotopic (exact) mass is 369 g/mol. The largest absolute Gasteiger partial charge is 0.383 e. The first-order chi connectivity index (χ1) is 12.7. The normalized spacial score (nSPS) is 18.0. The molecule has 4 rings (SSSR count). The SMILES string of the molecule is COCC1CCCN1Cc1nc2ccccc2n1Cc1ccc(Cl)cc1. The number of hydrogen-bond acceptors (Lipinski definition) is 3. The molecule has 2 aromatic carbocycles. The molecule has 3 aromatic rings. The summed E-state index contributed by atoms with van der Waals surface area (Å²) in [6, 6.07) is 16.9. The van der Waals surface area contributed by atoms with E-state index in [9.17, 15) is 0 Å². The van der Waals surface area contributed by atoms with E-state index in [1.54, 1.807) is 7.11 Å². The lowest BCUT2D eigenvalue weighted by Crippen LogP contribution is -2.33. The van der Waals surface area contributed by atoms with Crippen LogP contribution in [0, 0.1) is 0 Å². The number of benzene rings is 2. The van der Waals surface area contributed by atoms with Crippen LogP contribution in [-0.2, 0) is 17.8 Å². The number of halogens is 1. The molecule has 0 N–H and O–H groups in total. The van der Waals surface area contributed by atoms with Gasteiger partial charge < -0.3 is 9.30 Å². The van der Waals surface area contributed by atoms with Crippen molar-refractivity contribution >= 4 is 22.6 Å². The lowest BCUT2D eigenvalue weighted by atomic mass is 10.2. The Kier molecular flexibility index (Phi) is 5.25. The summed E-state index contributed by atoms with van der Waals surface area (Å²) < 4.78 is 7.74. The zero-order valence-corrected chi connectivity index (χ0v) is 15.8. The molecule has 1 aliphatic rings. The molecule has 136 valence electrons. The summed E-state index contributed by atoms with van der Waals surface area (Å²) >= 11 is 6.04. The number of rotatable bonds is 6. The number of likely N-dealkylation sites (tertiary alicyclic amines) is 1. The van der Waals surface area contributed by atoms with Crippen molar-refractivity contribution in [1.82, 2.24) is 14.5 Å². The van der Waals surface area contributed by atoms with Gasteiger partial charge in [0.1, 0.15) is 5.82 Å². The zero-order valence-electron chi connectivity index (χ0n) is 15.1.